The third-order valence-electron chi connectivity index (χ3n) is 5.28. The fourth-order valence-corrected chi connectivity index (χ4v) is 3.58. The molecule has 2 amide bonds. The number of ether oxygens (including phenoxy) is 1. The Hall–Kier alpha value is -1.59. The van der Waals surface area contributed by atoms with Crippen molar-refractivity contribution in [3.05, 3.63) is 35.4 Å². The Morgan fingerprint density at radius 1 is 1.16 bits per heavy atom. The summed E-state index contributed by atoms with van der Waals surface area (Å²) >= 11 is 0. The number of carbonyl (C=O) groups is 1. The van der Waals surface area contributed by atoms with Crippen LogP contribution < -0.4 is 10.6 Å². The first-order valence-corrected chi connectivity index (χ1v) is 9.53. The molecule has 1 aromatic carbocycles. The van der Waals surface area contributed by atoms with E-state index in [1.165, 1.54) is 5.56 Å². The fourth-order valence-electron chi connectivity index (χ4n) is 3.58. The lowest BCUT2D eigenvalue weighted by Crippen LogP contribution is -2.53. The van der Waals surface area contributed by atoms with Crippen LogP contribution in [-0.4, -0.2) is 49.8 Å². The van der Waals surface area contributed by atoms with Crippen molar-refractivity contribution in [2.75, 3.05) is 32.8 Å². The molecule has 0 unspecified atom stereocenters. The first-order valence-electron chi connectivity index (χ1n) is 9.53. The topological polar surface area (TPSA) is 53.6 Å². The van der Waals surface area contributed by atoms with Crippen molar-refractivity contribution in [3.8, 4) is 0 Å². The van der Waals surface area contributed by atoms with Gasteiger partial charge in [0.1, 0.15) is 0 Å². The summed E-state index contributed by atoms with van der Waals surface area (Å²) in [5.41, 5.74) is 2.35. The third kappa shape index (κ3) is 6.01. The van der Waals surface area contributed by atoms with Gasteiger partial charge >= 0.3 is 6.03 Å². The summed E-state index contributed by atoms with van der Waals surface area (Å²) in [6.07, 6.45) is 2.26. The molecule has 1 aliphatic heterocycles. The largest absolute Gasteiger partial charge is 0.379 e. The number of amides is 2. The number of carbonyl (C=O) groups excluding carboxylic acids is 1. The molecule has 0 spiro atoms. The summed E-state index contributed by atoms with van der Waals surface area (Å²) in [5, 5.41) is 6.07. The Morgan fingerprint density at radius 2 is 1.84 bits per heavy atom. The molecule has 0 aliphatic carbocycles. The molecule has 140 valence electrons. The first-order chi connectivity index (χ1) is 12.2. The van der Waals surface area contributed by atoms with Crippen LogP contribution in [0.3, 0.4) is 0 Å². The Balaban J connectivity index is 1.85. The normalized spacial score (nSPS) is 16.6. The molecule has 2 N–H and O–H groups in total. The van der Waals surface area contributed by atoms with Crippen LogP contribution in [0.1, 0.15) is 37.8 Å². The van der Waals surface area contributed by atoms with Gasteiger partial charge < -0.3 is 15.4 Å². The minimum absolute atomic E-state index is 0.0903. The van der Waals surface area contributed by atoms with Gasteiger partial charge in [-0.3, -0.25) is 4.90 Å². The highest BCUT2D eigenvalue weighted by molar-refractivity contribution is 5.73. The lowest BCUT2D eigenvalue weighted by atomic mass is 9.92. The van der Waals surface area contributed by atoms with Gasteiger partial charge in [-0.25, -0.2) is 4.79 Å². The average Bonchev–Trinajstić information content (AvgIpc) is 2.65. The molecule has 0 bridgehead atoms. The summed E-state index contributed by atoms with van der Waals surface area (Å²) in [4.78, 5) is 14.7. The highest BCUT2D eigenvalue weighted by Crippen LogP contribution is 2.19. The second kappa shape index (κ2) is 10.4. The van der Waals surface area contributed by atoms with E-state index in [1.54, 1.807) is 0 Å². The standard InChI is InChI=1S/C20H33N3O2/c1-4-17(5-2)19(23-10-12-25-13-11-23)15-22-20(24)21-14-18-9-7-6-8-16(18)3/h6-9,17,19H,4-5,10-15H2,1-3H3,(H2,21,22,24)/t19-/m0/s1. The van der Waals surface area contributed by atoms with Crippen molar-refractivity contribution < 1.29 is 9.53 Å². The molecule has 1 fully saturated rings. The zero-order chi connectivity index (χ0) is 18.1. The summed E-state index contributed by atoms with van der Waals surface area (Å²) < 4.78 is 5.48. The predicted molar refractivity (Wildman–Crippen MR) is 102 cm³/mol. The first kappa shape index (κ1) is 19.7. The van der Waals surface area contributed by atoms with Crippen LogP contribution in [0.5, 0.6) is 0 Å². The van der Waals surface area contributed by atoms with Gasteiger partial charge in [-0.2, -0.15) is 0 Å². The van der Waals surface area contributed by atoms with Crippen molar-refractivity contribution in [3.63, 3.8) is 0 Å². The molecule has 25 heavy (non-hydrogen) atoms. The Morgan fingerprint density at radius 3 is 2.48 bits per heavy atom. The number of hydrogen-bond donors (Lipinski definition) is 2. The molecule has 5 heteroatoms. The SMILES string of the molecule is CCC(CC)[C@H](CNC(=O)NCc1ccccc1C)N1CCOCC1. The fraction of sp³-hybridized carbons (Fsp3) is 0.650. The number of benzene rings is 1. The van der Waals surface area contributed by atoms with Crippen molar-refractivity contribution in [2.45, 2.75) is 46.2 Å². The van der Waals surface area contributed by atoms with Gasteiger partial charge in [0.25, 0.3) is 0 Å². The van der Waals surface area contributed by atoms with Gasteiger partial charge in [-0.15, -0.1) is 0 Å². The van der Waals surface area contributed by atoms with E-state index in [-0.39, 0.29) is 6.03 Å². The van der Waals surface area contributed by atoms with E-state index in [2.05, 4.69) is 48.4 Å². The lowest BCUT2D eigenvalue weighted by Gasteiger charge is -2.38. The Kier molecular flexibility index (Phi) is 8.22. The van der Waals surface area contributed by atoms with Gasteiger partial charge in [0, 0.05) is 32.2 Å². The Bertz CT molecular complexity index is 525. The van der Waals surface area contributed by atoms with Crippen LogP contribution >= 0.6 is 0 Å². The quantitative estimate of drug-likeness (QED) is 0.760. The molecule has 0 aromatic heterocycles. The molecule has 5 nitrogen and oxygen atoms in total. The van der Waals surface area contributed by atoms with Crippen molar-refractivity contribution >= 4 is 6.03 Å². The van der Waals surface area contributed by atoms with E-state index in [0.29, 0.717) is 25.0 Å². The van der Waals surface area contributed by atoms with Crippen LogP contribution in [0.4, 0.5) is 4.79 Å². The van der Waals surface area contributed by atoms with Crippen molar-refractivity contribution in [2.24, 2.45) is 5.92 Å². The molecule has 1 atom stereocenters. The van der Waals surface area contributed by atoms with Crippen molar-refractivity contribution in [1.82, 2.24) is 15.5 Å². The number of urea groups is 1. The van der Waals surface area contributed by atoms with E-state index in [9.17, 15) is 4.79 Å². The molecule has 1 aliphatic rings. The van der Waals surface area contributed by atoms with Gasteiger partial charge in [0.2, 0.25) is 0 Å². The smallest absolute Gasteiger partial charge is 0.315 e. The van der Waals surface area contributed by atoms with E-state index >= 15 is 0 Å². The zero-order valence-electron chi connectivity index (χ0n) is 15.9. The second-order valence-corrected chi connectivity index (χ2v) is 6.78. The maximum atomic E-state index is 12.2. The molecule has 0 saturated carbocycles. The highest BCUT2D eigenvalue weighted by Gasteiger charge is 2.27. The van der Waals surface area contributed by atoms with Crippen LogP contribution in [0, 0.1) is 12.8 Å². The lowest BCUT2D eigenvalue weighted by molar-refractivity contribution is 0.00237. The highest BCUT2D eigenvalue weighted by atomic mass is 16.5. The van der Waals surface area contributed by atoms with E-state index in [1.807, 2.05) is 12.1 Å². The second-order valence-electron chi connectivity index (χ2n) is 6.78. The van der Waals surface area contributed by atoms with Gasteiger partial charge in [-0.1, -0.05) is 51.0 Å². The van der Waals surface area contributed by atoms with Gasteiger partial charge in [0.05, 0.1) is 13.2 Å². The number of nitrogens with zero attached hydrogens (tertiary/aromatic N) is 1. The summed E-state index contributed by atoms with van der Waals surface area (Å²) in [5.74, 6) is 0.592. The summed E-state index contributed by atoms with van der Waals surface area (Å²) in [7, 11) is 0. The number of morpholine rings is 1. The van der Waals surface area contributed by atoms with Crippen LogP contribution in [0.2, 0.25) is 0 Å². The van der Waals surface area contributed by atoms with E-state index in [4.69, 9.17) is 4.74 Å². The predicted octanol–water partition coefficient (Wildman–Crippen LogP) is 2.93. The maximum Gasteiger partial charge on any atom is 0.315 e. The van der Waals surface area contributed by atoms with Crippen molar-refractivity contribution in [1.29, 1.82) is 0 Å². The monoisotopic (exact) mass is 347 g/mol. The molecule has 1 aromatic rings. The molecule has 1 saturated heterocycles. The number of hydrogen-bond acceptors (Lipinski definition) is 3. The summed E-state index contributed by atoms with van der Waals surface area (Å²) in [6.45, 7) is 11.3. The number of rotatable bonds is 8. The Labute approximate surface area is 152 Å². The maximum absolute atomic E-state index is 12.2. The minimum Gasteiger partial charge on any atom is -0.379 e. The molecule has 0 radical (unpaired) electrons. The van der Waals surface area contributed by atoms with Crippen LogP contribution in [0.25, 0.3) is 0 Å². The molecular formula is C20H33N3O2. The zero-order valence-corrected chi connectivity index (χ0v) is 15.9. The van der Waals surface area contributed by atoms with Crippen LogP contribution in [-0.2, 0) is 11.3 Å². The molecule has 2 rings (SSSR count). The third-order valence-corrected chi connectivity index (χ3v) is 5.28. The van der Waals surface area contributed by atoms with Gasteiger partial charge in [0.15, 0.2) is 0 Å². The number of nitrogens with one attached hydrogen (secondary N) is 2. The minimum atomic E-state index is -0.0903. The summed E-state index contributed by atoms with van der Waals surface area (Å²) in [6, 6.07) is 8.42. The van der Waals surface area contributed by atoms with Crippen LogP contribution in [0.15, 0.2) is 24.3 Å². The number of aryl methyl sites for hydroxylation is 1. The molecule has 1 heterocycles. The van der Waals surface area contributed by atoms with Gasteiger partial charge in [-0.05, 0) is 24.0 Å². The van der Waals surface area contributed by atoms with E-state index < -0.39 is 0 Å². The van der Waals surface area contributed by atoms with E-state index in [0.717, 1.165) is 44.7 Å². The average molecular weight is 348 g/mol. The molecular weight excluding hydrogens is 314 g/mol.